The zero-order valence-corrected chi connectivity index (χ0v) is 12.6. The fraction of sp³-hybridized carbons (Fsp3) is 0.615. The SMILES string of the molecule is CCCc1nc(NCCSCC)c2cnn(C)c2n1. The van der Waals surface area contributed by atoms with E-state index in [2.05, 4.69) is 34.2 Å². The molecule has 2 aromatic heterocycles. The molecule has 19 heavy (non-hydrogen) atoms. The lowest BCUT2D eigenvalue weighted by Gasteiger charge is -2.08. The van der Waals surface area contributed by atoms with Gasteiger partial charge in [0.05, 0.1) is 11.6 Å². The van der Waals surface area contributed by atoms with Crippen molar-refractivity contribution in [3.8, 4) is 0 Å². The van der Waals surface area contributed by atoms with Crippen LogP contribution in [-0.4, -0.2) is 37.8 Å². The summed E-state index contributed by atoms with van der Waals surface area (Å²) in [5.74, 6) is 4.04. The van der Waals surface area contributed by atoms with Gasteiger partial charge in [-0.15, -0.1) is 0 Å². The van der Waals surface area contributed by atoms with Crippen molar-refractivity contribution in [3.05, 3.63) is 12.0 Å². The number of anilines is 1. The maximum Gasteiger partial charge on any atom is 0.163 e. The van der Waals surface area contributed by atoms with E-state index in [0.29, 0.717) is 0 Å². The van der Waals surface area contributed by atoms with Crippen LogP contribution in [0.2, 0.25) is 0 Å². The van der Waals surface area contributed by atoms with Gasteiger partial charge in [0.25, 0.3) is 0 Å². The largest absolute Gasteiger partial charge is 0.369 e. The van der Waals surface area contributed by atoms with Crippen LogP contribution < -0.4 is 5.32 Å². The predicted octanol–water partition coefficient (Wildman–Crippen LogP) is 2.48. The summed E-state index contributed by atoms with van der Waals surface area (Å²) >= 11 is 1.93. The maximum atomic E-state index is 4.62. The number of nitrogens with one attached hydrogen (secondary N) is 1. The first-order valence-corrected chi connectivity index (χ1v) is 7.92. The number of aryl methyl sites for hydroxylation is 2. The first kappa shape index (κ1) is 14.1. The van der Waals surface area contributed by atoms with E-state index in [1.807, 2.05) is 29.7 Å². The average molecular weight is 279 g/mol. The van der Waals surface area contributed by atoms with Crippen molar-refractivity contribution in [1.82, 2.24) is 19.7 Å². The molecule has 0 spiro atoms. The van der Waals surface area contributed by atoms with E-state index < -0.39 is 0 Å². The molecule has 104 valence electrons. The van der Waals surface area contributed by atoms with Crippen LogP contribution >= 0.6 is 11.8 Å². The molecule has 0 atom stereocenters. The van der Waals surface area contributed by atoms with Gasteiger partial charge in [-0.2, -0.15) is 16.9 Å². The van der Waals surface area contributed by atoms with Crippen LogP contribution in [0.4, 0.5) is 5.82 Å². The van der Waals surface area contributed by atoms with Crippen molar-refractivity contribution >= 4 is 28.6 Å². The Balaban J connectivity index is 2.23. The summed E-state index contributed by atoms with van der Waals surface area (Å²) in [6.07, 6.45) is 3.79. The van der Waals surface area contributed by atoms with E-state index in [0.717, 1.165) is 53.6 Å². The van der Waals surface area contributed by atoms with E-state index in [-0.39, 0.29) is 0 Å². The summed E-state index contributed by atoms with van der Waals surface area (Å²) in [6, 6.07) is 0. The first-order chi connectivity index (χ1) is 9.26. The Bertz CT molecular complexity index is 537. The molecule has 2 aromatic rings. The van der Waals surface area contributed by atoms with E-state index in [4.69, 9.17) is 0 Å². The molecular formula is C13H21N5S. The van der Waals surface area contributed by atoms with Crippen molar-refractivity contribution in [3.63, 3.8) is 0 Å². The zero-order valence-electron chi connectivity index (χ0n) is 11.8. The third kappa shape index (κ3) is 3.37. The highest BCUT2D eigenvalue weighted by atomic mass is 32.2. The topological polar surface area (TPSA) is 55.6 Å². The van der Waals surface area contributed by atoms with Crippen molar-refractivity contribution in [2.24, 2.45) is 7.05 Å². The molecule has 0 bridgehead atoms. The molecule has 0 saturated heterocycles. The van der Waals surface area contributed by atoms with E-state index in [1.54, 1.807) is 0 Å². The van der Waals surface area contributed by atoms with Crippen LogP contribution in [0, 0.1) is 0 Å². The smallest absolute Gasteiger partial charge is 0.163 e. The van der Waals surface area contributed by atoms with Gasteiger partial charge >= 0.3 is 0 Å². The number of hydrogen-bond acceptors (Lipinski definition) is 5. The summed E-state index contributed by atoms with van der Waals surface area (Å²) in [4.78, 5) is 9.19. The minimum Gasteiger partial charge on any atom is -0.369 e. The van der Waals surface area contributed by atoms with Gasteiger partial charge in [0.15, 0.2) is 5.65 Å². The molecule has 0 aromatic carbocycles. The summed E-state index contributed by atoms with van der Waals surface area (Å²) in [5, 5.41) is 8.68. The molecule has 0 radical (unpaired) electrons. The Kier molecular flexibility index (Phi) is 5.01. The minimum absolute atomic E-state index is 0.893. The number of fused-ring (bicyclic) bond motifs is 1. The molecule has 0 aliphatic rings. The van der Waals surface area contributed by atoms with Gasteiger partial charge in [0, 0.05) is 25.8 Å². The van der Waals surface area contributed by atoms with Crippen LogP contribution in [0.15, 0.2) is 6.20 Å². The van der Waals surface area contributed by atoms with Gasteiger partial charge in [-0.05, 0) is 12.2 Å². The van der Waals surface area contributed by atoms with Crippen LogP contribution in [0.3, 0.4) is 0 Å². The predicted molar refractivity (Wildman–Crippen MR) is 81.8 cm³/mol. The number of thioether (sulfide) groups is 1. The summed E-state index contributed by atoms with van der Waals surface area (Å²) in [6.45, 7) is 5.24. The molecule has 0 aliphatic carbocycles. The second kappa shape index (κ2) is 6.75. The van der Waals surface area contributed by atoms with Crippen molar-refractivity contribution in [1.29, 1.82) is 0 Å². The standard InChI is InChI=1S/C13H21N5S/c1-4-6-11-16-12(14-7-8-19-5-2)10-9-15-18(3)13(10)17-11/h9H,4-8H2,1-3H3,(H,14,16,17). The monoisotopic (exact) mass is 279 g/mol. The third-order valence-electron chi connectivity index (χ3n) is 2.85. The van der Waals surface area contributed by atoms with Crippen molar-refractivity contribution in [2.75, 3.05) is 23.4 Å². The molecule has 0 amide bonds. The lowest BCUT2D eigenvalue weighted by molar-refractivity contribution is 0.772. The number of nitrogens with zero attached hydrogens (tertiary/aromatic N) is 4. The summed E-state index contributed by atoms with van der Waals surface area (Å²) < 4.78 is 1.81. The van der Waals surface area contributed by atoms with E-state index in [1.165, 1.54) is 0 Å². The highest BCUT2D eigenvalue weighted by molar-refractivity contribution is 7.99. The van der Waals surface area contributed by atoms with Gasteiger partial charge in [0.2, 0.25) is 0 Å². The molecule has 0 unspecified atom stereocenters. The fourth-order valence-electron chi connectivity index (χ4n) is 1.92. The molecule has 0 aliphatic heterocycles. The molecule has 5 nitrogen and oxygen atoms in total. The Morgan fingerprint density at radius 3 is 2.89 bits per heavy atom. The van der Waals surface area contributed by atoms with Gasteiger partial charge in [0.1, 0.15) is 11.6 Å². The Morgan fingerprint density at radius 2 is 2.16 bits per heavy atom. The first-order valence-electron chi connectivity index (χ1n) is 6.76. The quantitative estimate of drug-likeness (QED) is 0.789. The Morgan fingerprint density at radius 1 is 1.32 bits per heavy atom. The molecule has 6 heteroatoms. The van der Waals surface area contributed by atoms with Crippen LogP contribution in [-0.2, 0) is 13.5 Å². The fourth-order valence-corrected chi connectivity index (χ4v) is 2.46. The Hall–Kier alpha value is -1.30. The minimum atomic E-state index is 0.893. The number of aromatic nitrogens is 4. The van der Waals surface area contributed by atoms with E-state index >= 15 is 0 Å². The molecule has 0 saturated carbocycles. The second-order valence-corrected chi connectivity index (χ2v) is 5.76. The average Bonchev–Trinajstić information content (AvgIpc) is 2.77. The molecule has 1 N–H and O–H groups in total. The van der Waals surface area contributed by atoms with Crippen molar-refractivity contribution in [2.45, 2.75) is 26.7 Å². The van der Waals surface area contributed by atoms with Crippen LogP contribution in [0.5, 0.6) is 0 Å². The van der Waals surface area contributed by atoms with Gasteiger partial charge < -0.3 is 5.32 Å². The third-order valence-corrected chi connectivity index (χ3v) is 3.76. The Labute approximate surface area is 118 Å². The molecule has 2 rings (SSSR count). The van der Waals surface area contributed by atoms with Crippen LogP contribution in [0.1, 0.15) is 26.1 Å². The molecular weight excluding hydrogens is 258 g/mol. The lowest BCUT2D eigenvalue weighted by Crippen LogP contribution is -2.09. The van der Waals surface area contributed by atoms with Gasteiger partial charge in [-0.1, -0.05) is 13.8 Å². The van der Waals surface area contributed by atoms with Crippen molar-refractivity contribution < 1.29 is 0 Å². The normalized spacial score (nSPS) is 11.1. The second-order valence-electron chi connectivity index (χ2n) is 4.37. The molecule has 0 fully saturated rings. The summed E-state index contributed by atoms with van der Waals surface area (Å²) in [7, 11) is 1.92. The van der Waals surface area contributed by atoms with E-state index in [9.17, 15) is 0 Å². The lowest BCUT2D eigenvalue weighted by atomic mass is 10.3. The van der Waals surface area contributed by atoms with Gasteiger partial charge in [-0.3, -0.25) is 4.68 Å². The van der Waals surface area contributed by atoms with Gasteiger partial charge in [-0.25, -0.2) is 9.97 Å². The maximum absolute atomic E-state index is 4.62. The zero-order chi connectivity index (χ0) is 13.7. The number of rotatable bonds is 7. The van der Waals surface area contributed by atoms with Crippen LogP contribution in [0.25, 0.3) is 11.0 Å². The highest BCUT2D eigenvalue weighted by Crippen LogP contribution is 2.20. The number of hydrogen-bond donors (Lipinski definition) is 1. The highest BCUT2D eigenvalue weighted by Gasteiger charge is 2.10. The summed E-state index contributed by atoms with van der Waals surface area (Å²) in [5.41, 5.74) is 0.907. The molecule has 2 heterocycles.